The normalized spacial score (nSPS) is 14.9. The predicted molar refractivity (Wildman–Crippen MR) is 90.3 cm³/mol. The molecule has 0 atom stereocenters. The number of nitrogens with one attached hydrogen (secondary N) is 2. The van der Waals surface area contributed by atoms with Crippen molar-refractivity contribution in [1.29, 1.82) is 0 Å². The van der Waals surface area contributed by atoms with E-state index < -0.39 is 0 Å². The zero-order valence-electron chi connectivity index (χ0n) is 12.4. The number of rotatable bonds is 3. The van der Waals surface area contributed by atoms with Gasteiger partial charge in [0.1, 0.15) is 11.3 Å². The van der Waals surface area contributed by atoms with Crippen LogP contribution in [0.1, 0.15) is 6.92 Å². The molecule has 1 fully saturated rings. The largest absolute Gasteiger partial charge is 0.378 e. The molecule has 1 saturated heterocycles. The van der Waals surface area contributed by atoms with Gasteiger partial charge in [0.25, 0.3) is 0 Å². The van der Waals surface area contributed by atoms with Crippen molar-refractivity contribution in [3.63, 3.8) is 0 Å². The van der Waals surface area contributed by atoms with Crippen LogP contribution >= 0.6 is 12.2 Å². The lowest BCUT2D eigenvalue weighted by Crippen LogP contribution is -2.36. The minimum absolute atomic E-state index is 0.528. The Morgan fingerprint density at radius 3 is 2.91 bits per heavy atom. The number of fused-ring (bicyclic) bond motifs is 1. The monoisotopic (exact) mass is 318 g/mol. The first-order chi connectivity index (χ1) is 10.8. The number of aromatic nitrogens is 3. The lowest BCUT2D eigenvalue weighted by atomic mass is 10.3. The fourth-order valence-corrected chi connectivity index (χ4v) is 2.49. The number of anilines is 2. The molecule has 0 amide bonds. The highest BCUT2D eigenvalue weighted by molar-refractivity contribution is 7.80. The molecular formula is C14H18N6OS. The molecule has 0 radical (unpaired) electrons. The predicted octanol–water partition coefficient (Wildman–Crippen LogP) is 1.17. The molecule has 0 bridgehead atoms. The van der Waals surface area contributed by atoms with Gasteiger partial charge in [-0.2, -0.15) is 0 Å². The van der Waals surface area contributed by atoms with Crippen molar-refractivity contribution in [3.05, 3.63) is 18.3 Å². The van der Waals surface area contributed by atoms with Crippen LogP contribution in [0.4, 0.5) is 11.6 Å². The third-order valence-corrected chi connectivity index (χ3v) is 3.55. The zero-order chi connectivity index (χ0) is 15.4. The van der Waals surface area contributed by atoms with Gasteiger partial charge in [-0.1, -0.05) is 0 Å². The molecule has 2 N–H and O–H groups in total. The van der Waals surface area contributed by atoms with Crippen LogP contribution in [0.5, 0.6) is 0 Å². The Bertz CT molecular complexity index is 673. The van der Waals surface area contributed by atoms with Gasteiger partial charge in [-0.05, 0) is 31.3 Å². The van der Waals surface area contributed by atoms with Crippen molar-refractivity contribution in [3.8, 4) is 0 Å². The number of pyridine rings is 1. The lowest BCUT2D eigenvalue weighted by molar-refractivity contribution is 0.122. The number of nitrogens with zero attached hydrogens (tertiary/aromatic N) is 4. The van der Waals surface area contributed by atoms with E-state index in [0.717, 1.165) is 44.2 Å². The first kappa shape index (κ1) is 14.9. The van der Waals surface area contributed by atoms with Crippen LogP contribution in [0.15, 0.2) is 18.3 Å². The molecule has 0 aliphatic carbocycles. The van der Waals surface area contributed by atoms with Gasteiger partial charge in [0.05, 0.1) is 19.4 Å². The summed E-state index contributed by atoms with van der Waals surface area (Å²) in [5.41, 5.74) is 1.37. The summed E-state index contributed by atoms with van der Waals surface area (Å²) in [5, 5.41) is 6.55. The van der Waals surface area contributed by atoms with Gasteiger partial charge >= 0.3 is 0 Å². The average molecular weight is 318 g/mol. The van der Waals surface area contributed by atoms with Crippen molar-refractivity contribution in [2.45, 2.75) is 6.92 Å². The topological polar surface area (TPSA) is 75.2 Å². The molecule has 2 aromatic heterocycles. The van der Waals surface area contributed by atoms with Gasteiger partial charge in [0.15, 0.2) is 16.6 Å². The Morgan fingerprint density at radius 2 is 2.14 bits per heavy atom. The van der Waals surface area contributed by atoms with E-state index in [-0.39, 0.29) is 0 Å². The molecule has 0 spiro atoms. The maximum Gasteiger partial charge on any atom is 0.182 e. The fraction of sp³-hybridized carbons (Fsp3) is 0.429. The van der Waals surface area contributed by atoms with E-state index >= 15 is 0 Å². The van der Waals surface area contributed by atoms with Crippen molar-refractivity contribution >= 4 is 40.1 Å². The molecule has 7 nitrogen and oxygen atoms in total. The minimum atomic E-state index is 0.528. The van der Waals surface area contributed by atoms with E-state index in [1.54, 1.807) is 6.20 Å². The third kappa shape index (κ3) is 3.40. The van der Waals surface area contributed by atoms with E-state index in [1.165, 1.54) is 0 Å². The second kappa shape index (κ2) is 6.80. The van der Waals surface area contributed by atoms with Gasteiger partial charge in [0, 0.05) is 19.6 Å². The number of hydrogen-bond acceptors (Lipinski definition) is 6. The van der Waals surface area contributed by atoms with Crippen molar-refractivity contribution in [2.75, 3.05) is 43.1 Å². The van der Waals surface area contributed by atoms with Crippen LogP contribution in [0.3, 0.4) is 0 Å². The molecule has 22 heavy (non-hydrogen) atoms. The second-order valence-electron chi connectivity index (χ2n) is 4.85. The molecule has 1 aliphatic heterocycles. The summed E-state index contributed by atoms with van der Waals surface area (Å²) < 4.78 is 5.37. The summed E-state index contributed by atoms with van der Waals surface area (Å²) in [5.74, 6) is 1.49. The van der Waals surface area contributed by atoms with Crippen molar-refractivity contribution in [1.82, 2.24) is 20.3 Å². The molecule has 1 aliphatic rings. The van der Waals surface area contributed by atoms with Gasteiger partial charge in [-0.3, -0.25) is 0 Å². The summed E-state index contributed by atoms with van der Waals surface area (Å²) in [6.07, 6.45) is 1.65. The highest BCUT2D eigenvalue weighted by atomic mass is 32.1. The van der Waals surface area contributed by atoms with Crippen LogP contribution < -0.4 is 15.5 Å². The van der Waals surface area contributed by atoms with Gasteiger partial charge in [-0.15, -0.1) is 0 Å². The first-order valence-corrected chi connectivity index (χ1v) is 7.68. The number of hydrogen-bond donors (Lipinski definition) is 2. The van der Waals surface area contributed by atoms with Crippen molar-refractivity contribution < 1.29 is 4.74 Å². The standard InChI is InChI=1S/C14H18N6OS/c1-2-15-14(22)18-11-9-16-10-3-4-12(19-13(10)17-11)20-5-7-21-8-6-20/h3-4,9H,2,5-8H2,1H3,(H2,15,17,18,19,22). The van der Waals surface area contributed by atoms with E-state index in [2.05, 4.69) is 30.5 Å². The molecule has 0 saturated carbocycles. The number of morpholine rings is 1. The lowest BCUT2D eigenvalue weighted by Gasteiger charge is -2.27. The van der Waals surface area contributed by atoms with Crippen LogP contribution in [0, 0.1) is 0 Å². The SMILES string of the molecule is CCNC(=S)Nc1cnc2ccc(N3CCOCC3)nc2n1. The Kier molecular flexibility index (Phi) is 4.59. The van der Waals surface area contributed by atoms with Crippen LogP contribution in [0.25, 0.3) is 11.2 Å². The van der Waals surface area contributed by atoms with Crippen LogP contribution in [-0.2, 0) is 4.74 Å². The Balaban J connectivity index is 1.84. The second-order valence-corrected chi connectivity index (χ2v) is 5.26. The molecular weight excluding hydrogens is 300 g/mol. The molecule has 0 unspecified atom stereocenters. The Hall–Kier alpha value is -2.06. The van der Waals surface area contributed by atoms with Crippen molar-refractivity contribution in [2.24, 2.45) is 0 Å². The summed E-state index contributed by atoms with van der Waals surface area (Å²) >= 11 is 5.15. The van der Waals surface area contributed by atoms with Gasteiger partial charge < -0.3 is 20.3 Å². The average Bonchev–Trinajstić information content (AvgIpc) is 2.55. The summed E-state index contributed by atoms with van der Waals surface area (Å²) in [4.78, 5) is 15.6. The van der Waals surface area contributed by atoms with E-state index in [0.29, 0.717) is 16.6 Å². The van der Waals surface area contributed by atoms with Crippen LogP contribution in [-0.4, -0.2) is 52.9 Å². The van der Waals surface area contributed by atoms with Gasteiger partial charge in [0.2, 0.25) is 0 Å². The third-order valence-electron chi connectivity index (χ3n) is 3.31. The highest BCUT2D eigenvalue weighted by Crippen LogP contribution is 2.17. The number of thiocarbonyl (C=S) groups is 1. The highest BCUT2D eigenvalue weighted by Gasteiger charge is 2.13. The smallest absolute Gasteiger partial charge is 0.182 e. The minimum Gasteiger partial charge on any atom is -0.378 e. The maximum atomic E-state index is 5.37. The fourth-order valence-electron chi connectivity index (χ4n) is 2.24. The molecule has 116 valence electrons. The quantitative estimate of drug-likeness (QED) is 0.817. The molecule has 0 aromatic carbocycles. The summed E-state index contributed by atoms with van der Waals surface area (Å²) in [7, 11) is 0. The molecule has 8 heteroatoms. The Labute approximate surface area is 134 Å². The van der Waals surface area contributed by atoms with Gasteiger partial charge in [-0.25, -0.2) is 15.0 Å². The molecule has 3 heterocycles. The zero-order valence-corrected chi connectivity index (χ0v) is 13.2. The number of ether oxygens (including phenoxy) is 1. The molecule has 3 rings (SSSR count). The Morgan fingerprint density at radius 1 is 1.32 bits per heavy atom. The maximum absolute atomic E-state index is 5.37. The first-order valence-electron chi connectivity index (χ1n) is 7.27. The van der Waals surface area contributed by atoms with E-state index in [1.807, 2.05) is 19.1 Å². The van der Waals surface area contributed by atoms with E-state index in [4.69, 9.17) is 17.0 Å². The molecule has 2 aromatic rings. The summed E-state index contributed by atoms with van der Waals surface area (Å²) in [6.45, 7) is 5.87. The van der Waals surface area contributed by atoms with E-state index in [9.17, 15) is 0 Å². The summed E-state index contributed by atoms with van der Waals surface area (Å²) in [6, 6.07) is 3.91. The van der Waals surface area contributed by atoms with Crippen LogP contribution in [0.2, 0.25) is 0 Å².